The van der Waals surface area contributed by atoms with Crippen LogP contribution in [0.2, 0.25) is 5.02 Å². The third-order valence-electron chi connectivity index (χ3n) is 3.09. The van der Waals surface area contributed by atoms with E-state index in [0.717, 1.165) is 18.4 Å². The molecule has 2 nitrogen and oxygen atoms in total. The number of ether oxygens (including phenoxy) is 1. The van der Waals surface area contributed by atoms with E-state index >= 15 is 0 Å². The van der Waals surface area contributed by atoms with Crippen LogP contribution in [0.4, 0.5) is 4.39 Å². The summed E-state index contributed by atoms with van der Waals surface area (Å²) in [6, 6.07) is 1.25. The standard InChI is InChI=1S/C12H14ClFO2/c1-7-8(6-12(15)3-4-12)11(16-2)10(14)5-9(7)13/h5,15H,3-4,6H2,1-2H3. The molecular weight excluding hydrogens is 231 g/mol. The van der Waals surface area contributed by atoms with Crippen molar-refractivity contribution >= 4 is 11.6 Å². The maximum Gasteiger partial charge on any atom is 0.166 e. The molecule has 0 saturated heterocycles. The van der Waals surface area contributed by atoms with Gasteiger partial charge in [-0.2, -0.15) is 0 Å². The van der Waals surface area contributed by atoms with Gasteiger partial charge in [0.15, 0.2) is 11.6 Å². The Labute approximate surface area is 99.0 Å². The lowest BCUT2D eigenvalue weighted by molar-refractivity contribution is 0.149. The number of hydrogen-bond acceptors (Lipinski definition) is 2. The SMILES string of the molecule is COc1c(F)cc(Cl)c(C)c1CC1(O)CC1. The Balaban J connectivity index is 2.47. The molecule has 88 valence electrons. The topological polar surface area (TPSA) is 29.5 Å². The fourth-order valence-corrected chi connectivity index (χ4v) is 2.04. The Morgan fingerprint density at radius 3 is 2.69 bits per heavy atom. The molecule has 2 rings (SSSR count). The van der Waals surface area contributed by atoms with Gasteiger partial charge in [-0.05, 0) is 31.4 Å². The molecule has 1 aromatic carbocycles. The Morgan fingerprint density at radius 1 is 1.56 bits per heavy atom. The summed E-state index contributed by atoms with van der Waals surface area (Å²) in [5.41, 5.74) is 0.766. The maximum atomic E-state index is 13.6. The molecular formula is C12H14ClFO2. The number of aliphatic hydroxyl groups is 1. The van der Waals surface area contributed by atoms with Crippen LogP contribution in [-0.2, 0) is 6.42 Å². The van der Waals surface area contributed by atoms with Crippen LogP contribution in [-0.4, -0.2) is 17.8 Å². The molecule has 0 aromatic heterocycles. The molecule has 1 N–H and O–H groups in total. The summed E-state index contributed by atoms with van der Waals surface area (Å²) in [5, 5.41) is 10.3. The highest BCUT2D eigenvalue weighted by molar-refractivity contribution is 6.31. The number of benzene rings is 1. The number of rotatable bonds is 3. The van der Waals surface area contributed by atoms with E-state index in [1.165, 1.54) is 13.2 Å². The Kier molecular flexibility index (Phi) is 2.84. The van der Waals surface area contributed by atoms with Crippen LogP contribution >= 0.6 is 11.6 Å². The number of halogens is 2. The molecule has 1 saturated carbocycles. The highest BCUT2D eigenvalue weighted by atomic mass is 35.5. The Bertz CT molecular complexity index is 428. The first kappa shape index (κ1) is 11.7. The minimum absolute atomic E-state index is 0.197. The van der Waals surface area contributed by atoms with Crippen LogP contribution in [0.5, 0.6) is 5.75 Å². The zero-order valence-corrected chi connectivity index (χ0v) is 10.1. The first-order valence-electron chi connectivity index (χ1n) is 5.21. The average molecular weight is 245 g/mol. The lowest BCUT2D eigenvalue weighted by Crippen LogP contribution is -2.13. The smallest absolute Gasteiger partial charge is 0.166 e. The van der Waals surface area contributed by atoms with Crippen molar-refractivity contribution in [2.75, 3.05) is 7.11 Å². The van der Waals surface area contributed by atoms with Gasteiger partial charge in [0.25, 0.3) is 0 Å². The normalized spacial score (nSPS) is 17.3. The second kappa shape index (κ2) is 3.90. The molecule has 0 aliphatic heterocycles. The molecule has 0 atom stereocenters. The largest absolute Gasteiger partial charge is 0.493 e. The minimum Gasteiger partial charge on any atom is -0.493 e. The summed E-state index contributed by atoms with van der Waals surface area (Å²) in [6.45, 7) is 1.81. The molecule has 0 amide bonds. The monoisotopic (exact) mass is 244 g/mol. The van der Waals surface area contributed by atoms with Crippen LogP contribution in [0.3, 0.4) is 0 Å². The van der Waals surface area contributed by atoms with E-state index in [4.69, 9.17) is 16.3 Å². The van der Waals surface area contributed by atoms with Crippen LogP contribution in [0.15, 0.2) is 6.07 Å². The number of methoxy groups -OCH3 is 1. The minimum atomic E-state index is -0.685. The molecule has 0 radical (unpaired) electrons. The van der Waals surface area contributed by atoms with Crippen molar-refractivity contribution in [2.45, 2.75) is 31.8 Å². The van der Waals surface area contributed by atoms with E-state index in [0.29, 0.717) is 17.0 Å². The molecule has 1 fully saturated rings. The summed E-state index contributed by atoms with van der Waals surface area (Å²) in [7, 11) is 1.42. The Hall–Kier alpha value is -0.800. The van der Waals surface area contributed by atoms with Crippen molar-refractivity contribution in [2.24, 2.45) is 0 Å². The van der Waals surface area contributed by atoms with Crippen molar-refractivity contribution in [3.63, 3.8) is 0 Å². The summed E-state index contributed by atoms with van der Waals surface area (Å²) in [4.78, 5) is 0. The van der Waals surface area contributed by atoms with Gasteiger partial charge in [-0.25, -0.2) is 4.39 Å². The molecule has 1 aliphatic carbocycles. The molecule has 0 spiro atoms. The summed E-state index contributed by atoms with van der Waals surface area (Å²) < 4.78 is 18.6. The zero-order chi connectivity index (χ0) is 11.9. The number of hydrogen-bond donors (Lipinski definition) is 1. The fourth-order valence-electron chi connectivity index (χ4n) is 1.83. The third-order valence-corrected chi connectivity index (χ3v) is 3.49. The van der Waals surface area contributed by atoms with Crippen molar-refractivity contribution in [3.05, 3.63) is 28.0 Å². The van der Waals surface area contributed by atoms with Crippen molar-refractivity contribution in [1.29, 1.82) is 0 Å². The van der Waals surface area contributed by atoms with E-state index < -0.39 is 11.4 Å². The summed E-state index contributed by atoms with van der Waals surface area (Å²) in [5.74, 6) is -0.278. The predicted octanol–water partition coefficient (Wildman–Crippen LogP) is 2.86. The summed E-state index contributed by atoms with van der Waals surface area (Å²) in [6.07, 6.45) is 1.91. The fraction of sp³-hybridized carbons (Fsp3) is 0.500. The molecule has 0 unspecified atom stereocenters. The van der Waals surface area contributed by atoms with E-state index in [1.807, 2.05) is 6.92 Å². The lowest BCUT2D eigenvalue weighted by Gasteiger charge is -2.16. The second-order valence-electron chi connectivity index (χ2n) is 4.38. The van der Waals surface area contributed by atoms with Crippen LogP contribution < -0.4 is 4.74 Å². The molecule has 1 aliphatic rings. The van der Waals surface area contributed by atoms with E-state index in [2.05, 4.69) is 0 Å². The zero-order valence-electron chi connectivity index (χ0n) is 9.31. The van der Waals surface area contributed by atoms with Gasteiger partial charge in [0, 0.05) is 17.0 Å². The van der Waals surface area contributed by atoms with Gasteiger partial charge >= 0.3 is 0 Å². The van der Waals surface area contributed by atoms with Gasteiger partial charge in [-0.15, -0.1) is 0 Å². The van der Waals surface area contributed by atoms with Gasteiger partial charge in [-0.1, -0.05) is 11.6 Å². The summed E-state index contributed by atoms with van der Waals surface area (Å²) >= 11 is 5.92. The van der Waals surface area contributed by atoms with Crippen molar-refractivity contribution < 1.29 is 14.2 Å². The quantitative estimate of drug-likeness (QED) is 0.886. The highest BCUT2D eigenvalue weighted by Crippen LogP contribution is 2.42. The van der Waals surface area contributed by atoms with E-state index in [9.17, 15) is 9.50 Å². The second-order valence-corrected chi connectivity index (χ2v) is 4.79. The molecule has 0 bridgehead atoms. The predicted molar refractivity (Wildman–Crippen MR) is 60.6 cm³/mol. The maximum absolute atomic E-state index is 13.6. The van der Waals surface area contributed by atoms with Gasteiger partial charge in [0.1, 0.15) is 0 Å². The van der Waals surface area contributed by atoms with Gasteiger partial charge in [0.2, 0.25) is 0 Å². The first-order valence-corrected chi connectivity index (χ1v) is 5.58. The molecule has 1 aromatic rings. The van der Waals surface area contributed by atoms with Crippen LogP contribution in [0, 0.1) is 12.7 Å². The average Bonchev–Trinajstić information content (AvgIpc) is 2.93. The van der Waals surface area contributed by atoms with Crippen LogP contribution in [0.1, 0.15) is 24.0 Å². The van der Waals surface area contributed by atoms with Crippen molar-refractivity contribution in [3.8, 4) is 5.75 Å². The molecule has 0 heterocycles. The molecule has 16 heavy (non-hydrogen) atoms. The van der Waals surface area contributed by atoms with E-state index in [1.54, 1.807) is 0 Å². The van der Waals surface area contributed by atoms with Gasteiger partial charge < -0.3 is 9.84 Å². The van der Waals surface area contributed by atoms with Crippen LogP contribution in [0.25, 0.3) is 0 Å². The van der Waals surface area contributed by atoms with Crippen molar-refractivity contribution in [1.82, 2.24) is 0 Å². The lowest BCUT2D eigenvalue weighted by atomic mass is 9.99. The third kappa shape index (κ3) is 2.02. The van der Waals surface area contributed by atoms with Gasteiger partial charge in [-0.3, -0.25) is 0 Å². The molecule has 4 heteroatoms. The first-order chi connectivity index (χ1) is 7.47. The van der Waals surface area contributed by atoms with Gasteiger partial charge in [0.05, 0.1) is 12.7 Å². The highest BCUT2D eigenvalue weighted by Gasteiger charge is 2.41. The Morgan fingerprint density at radius 2 is 2.19 bits per heavy atom. The van der Waals surface area contributed by atoms with E-state index in [-0.39, 0.29) is 5.75 Å².